The van der Waals surface area contributed by atoms with Crippen molar-refractivity contribution in [1.29, 1.82) is 0 Å². The van der Waals surface area contributed by atoms with Crippen LogP contribution in [0.3, 0.4) is 0 Å². The minimum Gasteiger partial charge on any atom is -0.496 e. The molecule has 160 valence electrons. The van der Waals surface area contributed by atoms with E-state index in [1.54, 1.807) is 21.7 Å². The molecule has 1 aliphatic rings. The summed E-state index contributed by atoms with van der Waals surface area (Å²) in [5.41, 5.74) is 1.74. The second-order valence-electron chi connectivity index (χ2n) is 7.50. The summed E-state index contributed by atoms with van der Waals surface area (Å²) in [7, 11) is 1.45. The van der Waals surface area contributed by atoms with Gasteiger partial charge in [-0.05, 0) is 59.2 Å². The van der Waals surface area contributed by atoms with Gasteiger partial charge < -0.3 is 9.64 Å². The lowest BCUT2D eigenvalue weighted by Crippen LogP contribution is -2.42. The second kappa shape index (κ2) is 9.03. The van der Waals surface area contributed by atoms with Gasteiger partial charge in [-0.2, -0.15) is 0 Å². The molecule has 0 spiro atoms. The third-order valence-electron chi connectivity index (χ3n) is 5.44. The Kier molecular flexibility index (Phi) is 6.01. The molecule has 1 aromatic heterocycles. The number of methoxy groups -OCH3 is 1. The van der Waals surface area contributed by atoms with Crippen molar-refractivity contribution in [3.05, 3.63) is 71.3 Å². The fourth-order valence-electron chi connectivity index (χ4n) is 3.84. The Morgan fingerprint density at radius 1 is 1.19 bits per heavy atom. The molecule has 4 rings (SSSR count). The SMILES string of the molecule is COc1ccc(F)cc1C(=O)[C@H]1CCCN(C(=O)c2ccc(Cn3cnnn3)cc2)C1. The van der Waals surface area contributed by atoms with E-state index in [0.29, 0.717) is 43.8 Å². The third-order valence-corrected chi connectivity index (χ3v) is 5.44. The van der Waals surface area contributed by atoms with Gasteiger partial charge in [0.25, 0.3) is 5.91 Å². The van der Waals surface area contributed by atoms with Crippen molar-refractivity contribution in [2.75, 3.05) is 20.2 Å². The number of amides is 1. The van der Waals surface area contributed by atoms with Crippen molar-refractivity contribution in [3.63, 3.8) is 0 Å². The first-order valence-corrected chi connectivity index (χ1v) is 10.0. The molecule has 1 fully saturated rings. The molecule has 9 heteroatoms. The standard InChI is InChI=1S/C22H22FN5O3/c1-31-20-9-8-18(23)11-19(20)21(29)17-3-2-10-27(13-17)22(30)16-6-4-15(5-7-16)12-28-14-24-25-26-28/h4-9,11,14,17H,2-3,10,12-13H2,1H3/t17-/m0/s1. The van der Waals surface area contributed by atoms with Gasteiger partial charge in [0.1, 0.15) is 17.9 Å². The maximum Gasteiger partial charge on any atom is 0.253 e. The van der Waals surface area contributed by atoms with Crippen molar-refractivity contribution in [2.45, 2.75) is 19.4 Å². The molecule has 8 nitrogen and oxygen atoms in total. The lowest BCUT2D eigenvalue weighted by Gasteiger charge is -2.32. The smallest absolute Gasteiger partial charge is 0.253 e. The summed E-state index contributed by atoms with van der Waals surface area (Å²) < 4.78 is 20.5. The molecule has 31 heavy (non-hydrogen) atoms. The van der Waals surface area contributed by atoms with E-state index in [1.807, 2.05) is 12.1 Å². The van der Waals surface area contributed by atoms with E-state index in [-0.39, 0.29) is 17.3 Å². The maximum absolute atomic E-state index is 13.7. The predicted octanol–water partition coefficient (Wildman–Crippen LogP) is 2.60. The van der Waals surface area contributed by atoms with Crippen LogP contribution in [0, 0.1) is 11.7 Å². The molecular formula is C22H22FN5O3. The lowest BCUT2D eigenvalue weighted by molar-refractivity contribution is 0.0636. The third kappa shape index (κ3) is 4.60. The Balaban J connectivity index is 1.45. The molecule has 0 bridgehead atoms. The van der Waals surface area contributed by atoms with Gasteiger partial charge in [0.2, 0.25) is 0 Å². The van der Waals surface area contributed by atoms with Gasteiger partial charge in [-0.1, -0.05) is 12.1 Å². The Morgan fingerprint density at radius 3 is 2.71 bits per heavy atom. The number of benzene rings is 2. The van der Waals surface area contributed by atoms with E-state index in [4.69, 9.17) is 4.74 Å². The van der Waals surface area contributed by atoms with Crippen molar-refractivity contribution >= 4 is 11.7 Å². The number of ether oxygens (including phenoxy) is 1. The lowest BCUT2D eigenvalue weighted by atomic mass is 9.89. The van der Waals surface area contributed by atoms with E-state index in [0.717, 1.165) is 5.56 Å². The van der Waals surface area contributed by atoms with Crippen LogP contribution in [0.2, 0.25) is 0 Å². The molecule has 1 amide bonds. The minimum absolute atomic E-state index is 0.127. The van der Waals surface area contributed by atoms with E-state index < -0.39 is 11.7 Å². The van der Waals surface area contributed by atoms with Crippen LogP contribution >= 0.6 is 0 Å². The molecule has 1 saturated heterocycles. The number of carbonyl (C=O) groups is 2. The maximum atomic E-state index is 13.7. The summed E-state index contributed by atoms with van der Waals surface area (Å²) in [6.45, 7) is 1.39. The van der Waals surface area contributed by atoms with Crippen molar-refractivity contribution in [3.8, 4) is 5.75 Å². The topological polar surface area (TPSA) is 90.2 Å². The van der Waals surface area contributed by atoms with Crippen LogP contribution in [-0.4, -0.2) is 57.0 Å². The van der Waals surface area contributed by atoms with Gasteiger partial charge in [0.15, 0.2) is 5.78 Å². The van der Waals surface area contributed by atoms with Crippen molar-refractivity contribution < 1.29 is 18.7 Å². The zero-order valence-corrected chi connectivity index (χ0v) is 17.1. The molecule has 0 N–H and O–H groups in total. The summed E-state index contributed by atoms with van der Waals surface area (Å²) in [6, 6.07) is 11.2. The molecule has 1 aliphatic heterocycles. The van der Waals surface area contributed by atoms with Gasteiger partial charge in [0.05, 0.1) is 19.2 Å². The van der Waals surface area contributed by atoms with Crippen molar-refractivity contribution in [2.24, 2.45) is 5.92 Å². The number of hydrogen-bond donors (Lipinski definition) is 0. The van der Waals surface area contributed by atoms with Crippen LogP contribution in [0.5, 0.6) is 5.75 Å². The Bertz CT molecular complexity index is 1070. The van der Waals surface area contributed by atoms with E-state index in [1.165, 1.54) is 31.6 Å². The Morgan fingerprint density at radius 2 is 2.00 bits per heavy atom. The number of Topliss-reactive ketones (excluding diaryl/α,β-unsaturated/α-hetero) is 1. The predicted molar refractivity (Wildman–Crippen MR) is 109 cm³/mol. The monoisotopic (exact) mass is 423 g/mol. The molecule has 1 atom stereocenters. The molecule has 0 saturated carbocycles. The Hall–Kier alpha value is -3.62. The molecule has 2 aromatic carbocycles. The number of nitrogens with zero attached hydrogens (tertiary/aromatic N) is 5. The summed E-state index contributed by atoms with van der Waals surface area (Å²) in [4.78, 5) is 27.7. The summed E-state index contributed by atoms with van der Waals surface area (Å²) in [5.74, 6) is -0.876. The number of halogens is 1. The van der Waals surface area contributed by atoms with Crippen LogP contribution < -0.4 is 4.74 Å². The molecule has 0 unspecified atom stereocenters. The van der Waals surface area contributed by atoms with Gasteiger partial charge in [0, 0.05) is 24.6 Å². The van der Waals surface area contributed by atoms with Gasteiger partial charge in [-0.25, -0.2) is 9.07 Å². The highest BCUT2D eigenvalue weighted by Crippen LogP contribution is 2.27. The first kappa shape index (κ1) is 20.6. The molecule has 3 aromatic rings. The highest BCUT2D eigenvalue weighted by Gasteiger charge is 2.31. The van der Waals surface area contributed by atoms with Gasteiger partial charge in [-0.15, -0.1) is 5.10 Å². The number of rotatable bonds is 6. The number of ketones is 1. The van der Waals surface area contributed by atoms with Crippen LogP contribution in [0.4, 0.5) is 4.39 Å². The zero-order valence-electron chi connectivity index (χ0n) is 17.1. The molecular weight excluding hydrogens is 401 g/mol. The summed E-state index contributed by atoms with van der Waals surface area (Å²) in [6.07, 6.45) is 2.88. The van der Waals surface area contributed by atoms with E-state index in [9.17, 15) is 14.0 Å². The Labute approximate surface area is 178 Å². The molecule has 0 aliphatic carbocycles. The van der Waals surface area contributed by atoms with Gasteiger partial charge in [-0.3, -0.25) is 9.59 Å². The average Bonchev–Trinajstić information content (AvgIpc) is 3.32. The minimum atomic E-state index is -0.491. The largest absolute Gasteiger partial charge is 0.496 e. The highest BCUT2D eigenvalue weighted by molar-refractivity contribution is 6.01. The normalized spacial score (nSPS) is 16.2. The van der Waals surface area contributed by atoms with Gasteiger partial charge >= 0.3 is 0 Å². The van der Waals surface area contributed by atoms with Crippen LogP contribution in [0.1, 0.15) is 39.1 Å². The number of likely N-dealkylation sites (tertiary alicyclic amines) is 1. The van der Waals surface area contributed by atoms with E-state index in [2.05, 4.69) is 15.5 Å². The van der Waals surface area contributed by atoms with Crippen LogP contribution in [0.25, 0.3) is 0 Å². The quantitative estimate of drug-likeness (QED) is 0.566. The van der Waals surface area contributed by atoms with Crippen molar-refractivity contribution in [1.82, 2.24) is 25.1 Å². The summed E-state index contributed by atoms with van der Waals surface area (Å²) >= 11 is 0. The average molecular weight is 423 g/mol. The number of tetrazole rings is 1. The number of hydrogen-bond acceptors (Lipinski definition) is 6. The fraction of sp³-hybridized carbons (Fsp3) is 0.318. The first-order valence-electron chi connectivity index (χ1n) is 10.0. The van der Waals surface area contributed by atoms with E-state index >= 15 is 0 Å². The molecule has 0 radical (unpaired) electrons. The molecule has 2 heterocycles. The zero-order chi connectivity index (χ0) is 21.8. The van der Waals surface area contributed by atoms with Crippen LogP contribution in [0.15, 0.2) is 48.8 Å². The first-order chi connectivity index (χ1) is 15.0. The number of carbonyl (C=O) groups excluding carboxylic acids is 2. The van der Waals surface area contributed by atoms with Crippen LogP contribution in [-0.2, 0) is 6.54 Å². The second-order valence-corrected chi connectivity index (χ2v) is 7.50. The number of aromatic nitrogens is 4. The fourth-order valence-corrected chi connectivity index (χ4v) is 3.84. The number of piperidine rings is 1. The summed E-state index contributed by atoms with van der Waals surface area (Å²) in [5, 5.41) is 11.0. The highest BCUT2D eigenvalue weighted by atomic mass is 19.1.